The van der Waals surface area contributed by atoms with Gasteiger partial charge in [0.25, 0.3) is 0 Å². The number of nitrogens with one attached hydrogen (secondary N) is 1. The second-order valence-electron chi connectivity index (χ2n) is 5.30. The van der Waals surface area contributed by atoms with E-state index < -0.39 is 0 Å². The molecule has 0 aromatic rings. The molecule has 15 heavy (non-hydrogen) atoms. The lowest BCUT2D eigenvalue weighted by atomic mass is 9.75. The zero-order valence-electron chi connectivity index (χ0n) is 10.3. The van der Waals surface area contributed by atoms with Crippen molar-refractivity contribution in [1.82, 2.24) is 5.32 Å². The molecule has 0 aliphatic heterocycles. The van der Waals surface area contributed by atoms with Gasteiger partial charge in [-0.1, -0.05) is 32.6 Å². The Balaban J connectivity index is 2.84. The minimum absolute atomic E-state index is 0.0407. The Morgan fingerprint density at radius 1 is 1.33 bits per heavy atom. The van der Waals surface area contributed by atoms with Crippen LogP contribution in [0.3, 0.4) is 0 Å². The summed E-state index contributed by atoms with van der Waals surface area (Å²) in [6, 6.07) is 0.190. The van der Waals surface area contributed by atoms with Crippen molar-refractivity contribution in [3.8, 4) is 11.8 Å². The lowest BCUT2D eigenvalue weighted by Crippen LogP contribution is -2.41. The third kappa shape index (κ3) is 2.99. The zero-order valence-corrected chi connectivity index (χ0v) is 10.3. The summed E-state index contributed by atoms with van der Waals surface area (Å²) < 4.78 is 0. The van der Waals surface area contributed by atoms with E-state index >= 15 is 0 Å². The fourth-order valence-electron chi connectivity index (χ4n) is 1.91. The van der Waals surface area contributed by atoms with Crippen LogP contribution in [0, 0.1) is 29.1 Å². The number of carbonyl (C=O) groups excluding carboxylic acids is 1. The molecule has 1 amide bonds. The van der Waals surface area contributed by atoms with Gasteiger partial charge in [0.1, 0.15) is 0 Å². The second-order valence-corrected chi connectivity index (χ2v) is 5.30. The van der Waals surface area contributed by atoms with Crippen molar-refractivity contribution in [2.45, 2.75) is 47.1 Å². The van der Waals surface area contributed by atoms with Crippen molar-refractivity contribution >= 4 is 5.91 Å². The van der Waals surface area contributed by atoms with Gasteiger partial charge < -0.3 is 5.32 Å². The van der Waals surface area contributed by atoms with Gasteiger partial charge in [-0.15, -0.1) is 0 Å². The molecule has 0 heterocycles. The van der Waals surface area contributed by atoms with E-state index in [1.807, 2.05) is 0 Å². The Kier molecular flexibility index (Phi) is 3.44. The average Bonchev–Trinajstić information content (AvgIpc) is 2.17. The van der Waals surface area contributed by atoms with E-state index in [9.17, 15) is 4.79 Å². The van der Waals surface area contributed by atoms with E-state index in [4.69, 9.17) is 0 Å². The molecular weight excluding hydrogens is 186 g/mol. The quantitative estimate of drug-likeness (QED) is 0.656. The first-order chi connectivity index (χ1) is 6.83. The molecule has 1 aliphatic rings. The molecule has 3 unspecified atom stereocenters. The molecule has 0 radical (unpaired) electrons. The van der Waals surface area contributed by atoms with Crippen molar-refractivity contribution in [2.75, 3.05) is 0 Å². The number of rotatable bonds is 1. The maximum absolute atomic E-state index is 11.1. The number of carbonyl (C=O) groups is 1. The van der Waals surface area contributed by atoms with Crippen LogP contribution in [0.2, 0.25) is 0 Å². The zero-order chi connectivity index (χ0) is 11.6. The van der Waals surface area contributed by atoms with Gasteiger partial charge in [0.2, 0.25) is 5.91 Å². The second kappa shape index (κ2) is 4.26. The summed E-state index contributed by atoms with van der Waals surface area (Å²) in [5.41, 5.74) is 0.172. The molecule has 0 saturated heterocycles. The summed E-state index contributed by atoms with van der Waals surface area (Å²) in [6.45, 7) is 10.3. The van der Waals surface area contributed by atoms with Gasteiger partial charge in [-0.25, -0.2) is 0 Å². The van der Waals surface area contributed by atoms with E-state index in [0.29, 0.717) is 5.92 Å². The minimum atomic E-state index is 0.0407. The van der Waals surface area contributed by atoms with Gasteiger partial charge in [0, 0.05) is 24.8 Å². The van der Waals surface area contributed by atoms with Gasteiger partial charge in [-0.3, -0.25) is 4.79 Å². The van der Waals surface area contributed by atoms with E-state index in [0.717, 1.165) is 6.42 Å². The van der Waals surface area contributed by atoms with Crippen LogP contribution in [0.4, 0.5) is 0 Å². The standard InChI is InChI=1S/C13H21NO/c1-9-6-7-10(2)13(4,5)8-12(9)14-11(3)15/h9-10,12H,8H2,1-5H3,(H,14,15). The Bertz CT molecular complexity index is 308. The number of hydrogen-bond acceptors (Lipinski definition) is 1. The monoisotopic (exact) mass is 207 g/mol. The summed E-state index contributed by atoms with van der Waals surface area (Å²) in [5, 5.41) is 3.01. The molecule has 0 aromatic heterocycles. The third-order valence-corrected chi connectivity index (χ3v) is 3.44. The van der Waals surface area contributed by atoms with Crippen molar-refractivity contribution < 1.29 is 4.79 Å². The van der Waals surface area contributed by atoms with Gasteiger partial charge >= 0.3 is 0 Å². The Labute approximate surface area is 92.8 Å². The Morgan fingerprint density at radius 2 is 1.93 bits per heavy atom. The minimum Gasteiger partial charge on any atom is -0.352 e. The van der Waals surface area contributed by atoms with Crippen molar-refractivity contribution in [1.29, 1.82) is 0 Å². The lowest BCUT2D eigenvalue weighted by molar-refractivity contribution is -0.120. The fraction of sp³-hybridized carbons (Fsp3) is 0.769. The van der Waals surface area contributed by atoms with Crippen molar-refractivity contribution in [2.24, 2.45) is 17.3 Å². The Hall–Kier alpha value is -0.970. The predicted octanol–water partition coefficient (Wildman–Crippen LogP) is 2.20. The Morgan fingerprint density at radius 3 is 2.47 bits per heavy atom. The maximum atomic E-state index is 11.1. The molecule has 0 aromatic carbocycles. The van der Waals surface area contributed by atoms with Crippen LogP contribution in [0.5, 0.6) is 0 Å². The molecule has 1 rings (SSSR count). The van der Waals surface area contributed by atoms with E-state index in [2.05, 4.69) is 44.9 Å². The third-order valence-electron chi connectivity index (χ3n) is 3.44. The normalized spacial score (nSPS) is 33.5. The van der Waals surface area contributed by atoms with Crippen LogP contribution in [0.25, 0.3) is 0 Å². The first kappa shape index (κ1) is 12.1. The first-order valence-electron chi connectivity index (χ1n) is 5.61. The van der Waals surface area contributed by atoms with Crippen LogP contribution >= 0.6 is 0 Å². The summed E-state index contributed by atoms with van der Waals surface area (Å²) in [4.78, 5) is 11.1. The largest absolute Gasteiger partial charge is 0.352 e. The SMILES string of the molecule is CC(=O)NC1CC(C)(C)C(C)C#CC1C. The molecule has 0 fully saturated rings. The summed E-state index contributed by atoms with van der Waals surface area (Å²) in [6.07, 6.45) is 0.981. The molecule has 1 N–H and O–H groups in total. The van der Waals surface area contributed by atoms with E-state index in [1.165, 1.54) is 0 Å². The van der Waals surface area contributed by atoms with Crippen LogP contribution in [-0.2, 0) is 4.79 Å². The highest BCUT2D eigenvalue weighted by Crippen LogP contribution is 2.35. The highest BCUT2D eigenvalue weighted by molar-refractivity contribution is 5.73. The summed E-state index contributed by atoms with van der Waals surface area (Å²) in [7, 11) is 0. The van der Waals surface area contributed by atoms with Crippen LogP contribution in [0.15, 0.2) is 0 Å². The molecular formula is C13H21NO. The molecule has 0 spiro atoms. The molecule has 2 heteroatoms. The topological polar surface area (TPSA) is 29.1 Å². The highest BCUT2D eigenvalue weighted by Gasteiger charge is 2.32. The lowest BCUT2D eigenvalue weighted by Gasteiger charge is -2.32. The van der Waals surface area contributed by atoms with E-state index in [1.54, 1.807) is 6.92 Å². The molecule has 0 saturated carbocycles. The van der Waals surface area contributed by atoms with Crippen LogP contribution in [0.1, 0.15) is 41.0 Å². The molecule has 84 valence electrons. The van der Waals surface area contributed by atoms with Crippen LogP contribution in [-0.4, -0.2) is 11.9 Å². The molecule has 1 aliphatic carbocycles. The number of amides is 1. The molecule has 3 atom stereocenters. The summed E-state index contributed by atoms with van der Waals surface area (Å²) >= 11 is 0. The average molecular weight is 207 g/mol. The molecule has 0 bridgehead atoms. The van der Waals surface area contributed by atoms with Gasteiger partial charge in [-0.05, 0) is 18.8 Å². The molecule has 2 nitrogen and oxygen atoms in total. The summed E-state index contributed by atoms with van der Waals surface area (Å²) in [5.74, 6) is 7.20. The highest BCUT2D eigenvalue weighted by atomic mass is 16.1. The number of hydrogen-bond donors (Lipinski definition) is 1. The van der Waals surface area contributed by atoms with Crippen LogP contribution < -0.4 is 5.32 Å². The maximum Gasteiger partial charge on any atom is 0.217 e. The first-order valence-corrected chi connectivity index (χ1v) is 5.61. The predicted molar refractivity (Wildman–Crippen MR) is 62.1 cm³/mol. The van der Waals surface area contributed by atoms with Crippen molar-refractivity contribution in [3.05, 3.63) is 0 Å². The van der Waals surface area contributed by atoms with E-state index in [-0.39, 0.29) is 23.3 Å². The van der Waals surface area contributed by atoms with Gasteiger partial charge in [-0.2, -0.15) is 0 Å². The fourth-order valence-corrected chi connectivity index (χ4v) is 1.91. The smallest absolute Gasteiger partial charge is 0.217 e. The van der Waals surface area contributed by atoms with Gasteiger partial charge in [0.05, 0.1) is 0 Å². The van der Waals surface area contributed by atoms with Crippen molar-refractivity contribution in [3.63, 3.8) is 0 Å². The van der Waals surface area contributed by atoms with Gasteiger partial charge in [0.15, 0.2) is 0 Å².